The SMILES string of the molecule is O=C(O)[C@@H]1C2c3ccccc3C(c3ccccc32)[C@H]1C(=O)N1CCN(c2ccc([N+](=O)[O-])cc2)CC1. The van der Waals surface area contributed by atoms with E-state index in [4.69, 9.17) is 0 Å². The van der Waals surface area contributed by atoms with E-state index in [0.29, 0.717) is 26.2 Å². The normalized spacial score (nSPS) is 24.1. The van der Waals surface area contributed by atoms with Gasteiger partial charge in [0, 0.05) is 55.8 Å². The highest BCUT2D eigenvalue weighted by atomic mass is 16.6. The second-order valence-corrected chi connectivity index (χ2v) is 9.69. The Morgan fingerprint density at radius 3 is 1.67 bits per heavy atom. The molecule has 2 bridgehead atoms. The van der Waals surface area contributed by atoms with Gasteiger partial charge >= 0.3 is 5.97 Å². The van der Waals surface area contributed by atoms with Gasteiger partial charge in [0.15, 0.2) is 0 Å². The van der Waals surface area contributed by atoms with Crippen molar-refractivity contribution in [3.63, 3.8) is 0 Å². The third-order valence-corrected chi connectivity index (χ3v) is 8.02. The molecule has 36 heavy (non-hydrogen) atoms. The van der Waals surface area contributed by atoms with E-state index in [1.807, 2.05) is 48.5 Å². The summed E-state index contributed by atoms with van der Waals surface area (Å²) in [5.74, 6) is -3.16. The number of carboxylic acids is 1. The summed E-state index contributed by atoms with van der Waals surface area (Å²) in [6, 6.07) is 22.3. The molecule has 1 aliphatic heterocycles. The van der Waals surface area contributed by atoms with Crippen molar-refractivity contribution in [1.82, 2.24) is 4.90 Å². The molecular weight excluding hydrogens is 458 g/mol. The number of non-ortho nitro benzene ring substituents is 1. The van der Waals surface area contributed by atoms with Gasteiger partial charge in [0.25, 0.3) is 5.69 Å². The number of rotatable bonds is 4. The Hall–Kier alpha value is -4.20. The van der Waals surface area contributed by atoms with Crippen molar-refractivity contribution < 1.29 is 19.6 Å². The Kier molecular flexibility index (Phi) is 5.25. The van der Waals surface area contributed by atoms with Gasteiger partial charge in [-0.15, -0.1) is 0 Å². The number of piperazine rings is 1. The molecule has 0 spiro atoms. The zero-order chi connectivity index (χ0) is 25.0. The number of nitrogens with zero attached hydrogens (tertiary/aromatic N) is 3. The minimum absolute atomic E-state index is 0.0418. The fraction of sp³-hybridized carbons (Fsp3) is 0.286. The summed E-state index contributed by atoms with van der Waals surface area (Å²) in [5.41, 5.74) is 5.06. The standard InChI is InChI=1S/C28H25N3O5/c32-27(30-15-13-29(14-16-30)17-9-11-18(12-10-17)31(35)36)25-23-19-5-1-3-7-21(19)24(26(25)28(33)34)22-8-4-2-6-20(22)23/h1-12,23-26H,13-16H2,(H,33,34)/t23?,24?,25-,26-/m1/s1. The molecule has 7 rings (SSSR count). The number of benzene rings is 3. The molecule has 0 unspecified atom stereocenters. The van der Waals surface area contributed by atoms with Crippen LogP contribution in [0.25, 0.3) is 0 Å². The Bertz CT molecular complexity index is 1320. The number of aliphatic carboxylic acids is 1. The Morgan fingerprint density at radius 2 is 1.22 bits per heavy atom. The minimum Gasteiger partial charge on any atom is -0.481 e. The van der Waals surface area contributed by atoms with Crippen LogP contribution in [0.15, 0.2) is 72.8 Å². The molecule has 1 N–H and O–H groups in total. The average molecular weight is 484 g/mol. The average Bonchev–Trinajstić information content (AvgIpc) is 2.92. The van der Waals surface area contributed by atoms with Gasteiger partial charge in [-0.25, -0.2) is 0 Å². The van der Waals surface area contributed by atoms with Crippen LogP contribution in [0.2, 0.25) is 0 Å². The van der Waals surface area contributed by atoms with Crippen molar-refractivity contribution in [2.24, 2.45) is 11.8 Å². The summed E-state index contributed by atoms with van der Waals surface area (Å²) in [6.07, 6.45) is 0. The van der Waals surface area contributed by atoms with Gasteiger partial charge in [-0.3, -0.25) is 19.7 Å². The molecule has 3 aromatic rings. The smallest absolute Gasteiger partial charge is 0.308 e. The minimum atomic E-state index is -0.933. The Labute approximate surface area is 207 Å². The fourth-order valence-corrected chi connectivity index (χ4v) is 6.45. The van der Waals surface area contributed by atoms with E-state index in [0.717, 1.165) is 27.9 Å². The first kappa shape index (κ1) is 22.3. The number of carbonyl (C=O) groups excluding carboxylic acids is 1. The van der Waals surface area contributed by atoms with E-state index in [1.54, 1.807) is 17.0 Å². The van der Waals surface area contributed by atoms with Gasteiger partial charge in [0.1, 0.15) is 0 Å². The van der Waals surface area contributed by atoms with Gasteiger partial charge in [-0.2, -0.15) is 0 Å². The summed E-state index contributed by atoms with van der Waals surface area (Å²) < 4.78 is 0. The number of carboxylic acid groups (broad SMARTS) is 1. The van der Waals surface area contributed by atoms with Crippen molar-refractivity contribution in [2.75, 3.05) is 31.1 Å². The molecule has 4 aliphatic rings. The van der Waals surface area contributed by atoms with Gasteiger partial charge in [-0.1, -0.05) is 48.5 Å². The van der Waals surface area contributed by atoms with Gasteiger partial charge in [0.05, 0.1) is 16.8 Å². The number of anilines is 1. The lowest BCUT2D eigenvalue weighted by Crippen LogP contribution is -2.55. The van der Waals surface area contributed by atoms with E-state index in [9.17, 15) is 24.8 Å². The zero-order valence-corrected chi connectivity index (χ0v) is 19.5. The summed E-state index contributed by atoms with van der Waals surface area (Å²) in [4.78, 5) is 41.1. The van der Waals surface area contributed by atoms with Crippen LogP contribution >= 0.6 is 0 Å². The summed E-state index contributed by atoms with van der Waals surface area (Å²) in [5, 5.41) is 21.3. The quantitative estimate of drug-likeness (QED) is 0.447. The van der Waals surface area contributed by atoms with Crippen LogP contribution in [0.1, 0.15) is 34.1 Å². The highest BCUT2D eigenvalue weighted by Gasteiger charge is 2.56. The van der Waals surface area contributed by atoms with Gasteiger partial charge in [-0.05, 0) is 34.4 Å². The number of carbonyl (C=O) groups is 2. The summed E-state index contributed by atoms with van der Waals surface area (Å²) in [6.45, 7) is 2.10. The van der Waals surface area contributed by atoms with Crippen molar-refractivity contribution in [2.45, 2.75) is 11.8 Å². The monoisotopic (exact) mass is 483 g/mol. The lowest BCUT2D eigenvalue weighted by atomic mass is 9.54. The molecule has 1 amide bonds. The topological polar surface area (TPSA) is 104 Å². The van der Waals surface area contributed by atoms with Gasteiger partial charge < -0.3 is 14.9 Å². The predicted octanol–water partition coefficient (Wildman–Crippen LogP) is 3.85. The van der Waals surface area contributed by atoms with E-state index >= 15 is 0 Å². The molecule has 0 radical (unpaired) electrons. The molecule has 8 heteroatoms. The molecule has 8 nitrogen and oxygen atoms in total. The fourth-order valence-electron chi connectivity index (χ4n) is 6.45. The van der Waals surface area contributed by atoms with Crippen LogP contribution in [0.4, 0.5) is 11.4 Å². The highest BCUT2D eigenvalue weighted by molar-refractivity contribution is 5.90. The van der Waals surface area contributed by atoms with Crippen molar-refractivity contribution in [3.8, 4) is 0 Å². The largest absolute Gasteiger partial charge is 0.481 e. The molecule has 182 valence electrons. The summed E-state index contributed by atoms with van der Waals surface area (Å²) in [7, 11) is 0. The van der Waals surface area contributed by atoms with E-state index in [-0.39, 0.29) is 23.4 Å². The number of nitro benzene ring substituents is 1. The molecule has 1 fully saturated rings. The molecule has 0 aromatic heterocycles. The molecule has 0 saturated carbocycles. The van der Waals surface area contributed by atoms with Crippen LogP contribution in [-0.2, 0) is 9.59 Å². The third-order valence-electron chi connectivity index (χ3n) is 8.02. The zero-order valence-electron chi connectivity index (χ0n) is 19.5. The van der Waals surface area contributed by atoms with Crippen LogP contribution < -0.4 is 4.90 Å². The van der Waals surface area contributed by atoms with Crippen LogP contribution in [0, 0.1) is 22.0 Å². The third kappa shape index (κ3) is 3.36. The Balaban J connectivity index is 1.29. The van der Waals surface area contributed by atoms with Crippen molar-refractivity contribution in [3.05, 3.63) is 105 Å². The first-order valence-corrected chi connectivity index (χ1v) is 12.1. The molecular formula is C28H25N3O5. The van der Waals surface area contributed by atoms with Crippen molar-refractivity contribution >= 4 is 23.3 Å². The first-order valence-electron chi connectivity index (χ1n) is 12.1. The van der Waals surface area contributed by atoms with Crippen LogP contribution in [0.5, 0.6) is 0 Å². The Morgan fingerprint density at radius 1 is 0.750 bits per heavy atom. The summed E-state index contributed by atoms with van der Waals surface area (Å²) >= 11 is 0. The van der Waals surface area contributed by atoms with Crippen LogP contribution in [0.3, 0.4) is 0 Å². The highest BCUT2D eigenvalue weighted by Crippen LogP contribution is 2.58. The first-order chi connectivity index (χ1) is 17.5. The van der Waals surface area contributed by atoms with Crippen molar-refractivity contribution in [1.29, 1.82) is 0 Å². The lowest BCUT2D eigenvalue weighted by Gasteiger charge is -2.50. The lowest BCUT2D eigenvalue weighted by molar-refractivity contribution is -0.384. The second-order valence-electron chi connectivity index (χ2n) is 9.69. The molecule has 1 saturated heterocycles. The molecule has 2 atom stereocenters. The van der Waals surface area contributed by atoms with E-state index < -0.39 is 22.7 Å². The molecule has 3 aromatic carbocycles. The van der Waals surface area contributed by atoms with Crippen LogP contribution in [-0.4, -0.2) is 53.0 Å². The van der Waals surface area contributed by atoms with E-state index in [1.165, 1.54) is 12.1 Å². The molecule has 3 aliphatic carbocycles. The van der Waals surface area contributed by atoms with Gasteiger partial charge in [0.2, 0.25) is 5.91 Å². The maximum Gasteiger partial charge on any atom is 0.308 e. The number of hydrogen-bond acceptors (Lipinski definition) is 5. The second kappa shape index (κ2) is 8.48. The number of fused-ring (bicyclic) bond motifs is 1. The van der Waals surface area contributed by atoms with E-state index in [2.05, 4.69) is 4.90 Å². The molecule has 1 heterocycles. The number of nitro groups is 1. The maximum atomic E-state index is 14.0. The predicted molar refractivity (Wildman–Crippen MR) is 133 cm³/mol. The maximum absolute atomic E-state index is 14.0. The number of amides is 1. The number of hydrogen-bond donors (Lipinski definition) is 1.